The summed E-state index contributed by atoms with van der Waals surface area (Å²) in [6.07, 6.45) is 7.94. The number of hydrogen-bond donors (Lipinski definition) is 3. The molecule has 0 bridgehead atoms. The van der Waals surface area contributed by atoms with E-state index in [-0.39, 0.29) is 5.54 Å². The van der Waals surface area contributed by atoms with Crippen LogP contribution in [0.3, 0.4) is 0 Å². The van der Waals surface area contributed by atoms with Gasteiger partial charge in [-0.15, -0.1) is 0 Å². The molecule has 4 rings (SSSR count). The molecule has 6 nitrogen and oxygen atoms in total. The molecule has 1 aromatic heterocycles. The van der Waals surface area contributed by atoms with Gasteiger partial charge in [-0.25, -0.2) is 0 Å². The van der Waals surface area contributed by atoms with E-state index in [1.165, 1.54) is 6.42 Å². The standard InChI is InChI=1S/C22H30ClN3O3S/c1-24-22(7-3-2-4-8-22)19-20(26-14-27)18(23)12-15-11-17(29-21(15)19)13-25-16-5-9-30(28)10-6-16/h11-12,14,16,24-25H,2-10,13H2,1H3,(H,26,27). The number of anilines is 1. The Hall–Kier alpha value is -1.41. The third-order valence-electron chi connectivity index (χ3n) is 6.63. The smallest absolute Gasteiger partial charge is 0.211 e. The Balaban J connectivity index is 1.69. The zero-order valence-electron chi connectivity index (χ0n) is 17.4. The first kappa shape index (κ1) is 21.8. The highest BCUT2D eigenvalue weighted by atomic mass is 35.5. The average Bonchev–Trinajstić information content (AvgIpc) is 3.16. The first-order valence-electron chi connectivity index (χ1n) is 10.8. The number of hydrogen-bond acceptors (Lipinski definition) is 5. The van der Waals surface area contributed by atoms with Gasteiger partial charge in [0.25, 0.3) is 0 Å². The summed E-state index contributed by atoms with van der Waals surface area (Å²) in [6.45, 7) is 0.617. The van der Waals surface area contributed by atoms with E-state index in [0.29, 0.717) is 29.7 Å². The Morgan fingerprint density at radius 3 is 2.63 bits per heavy atom. The molecule has 2 aromatic rings. The third-order valence-corrected chi connectivity index (χ3v) is 8.31. The van der Waals surface area contributed by atoms with Crippen LogP contribution in [0.5, 0.6) is 0 Å². The Kier molecular flexibility index (Phi) is 6.82. The number of nitrogens with one attached hydrogen (secondary N) is 3. The molecule has 1 saturated carbocycles. The summed E-state index contributed by atoms with van der Waals surface area (Å²) in [5, 5.41) is 11.4. The van der Waals surface area contributed by atoms with Crippen LogP contribution in [0.25, 0.3) is 11.0 Å². The first-order chi connectivity index (χ1) is 14.6. The van der Waals surface area contributed by atoms with Crippen LogP contribution < -0.4 is 16.0 Å². The van der Waals surface area contributed by atoms with Crippen LogP contribution in [0.1, 0.15) is 56.3 Å². The van der Waals surface area contributed by atoms with E-state index in [9.17, 15) is 9.00 Å². The molecule has 2 heterocycles. The zero-order valence-corrected chi connectivity index (χ0v) is 19.0. The van der Waals surface area contributed by atoms with E-state index >= 15 is 0 Å². The fourth-order valence-corrected chi connectivity index (χ4v) is 6.54. The van der Waals surface area contributed by atoms with Gasteiger partial charge in [-0.3, -0.25) is 9.00 Å². The van der Waals surface area contributed by atoms with Gasteiger partial charge in [0.2, 0.25) is 6.41 Å². The van der Waals surface area contributed by atoms with E-state index in [1.54, 1.807) is 0 Å². The van der Waals surface area contributed by atoms with E-state index in [1.807, 2.05) is 19.2 Å². The van der Waals surface area contributed by atoms with Gasteiger partial charge >= 0.3 is 0 Å². The molecular formula is C22H30ClN3O3S. The fraction of sp³-hybridized carbons (Fsp3) is 0.591. The van der Waals surface area contributed by atoms with Crippen molar-refractivity contribution in [3.8, 4) is 0 Å². The monoisotopic (exact) mass is 451 g/mol. The van der Waals surface area contributed by atoms with Crippen LogP contribution in [-0.2, 0) is 27.7 Å². The average molecular weight is 452 g/mol. The maximum absolute atomic E-state index is 11.6. The van der Waals surface area contributed by atoms with Crippen molar-refractivity contribution < 1.29 is 13.4 Å². The zero-order chi connectivity index (χ0) is 21.1. The van der Waals surface area contributed by atoms with Gasteiger partial charge in [0, 0.05) is 44.8 Å². The lowest BCUT2D eigenvalue weighted by Gasteiger charge is -2.39. The molecule has 0 radical (unpaired) electrons. The second kappa shape index (κ2) is 9.39. The normalized spacial score (nSPS) is 24.1. The number of carbonyl (C=O) groups excluding carboxylic acids is 1. The molecule has 2 fully saturated rings. The summed E-state index contributed by atoms with van der Waals surface area (Å²) in [5.74, 6) is 2.38. The quantitative estimate of drug-likeness (QED) is 0.553. The molecule has 1 amide bonds. The molecule has 1 aromatic carbocycles. The first-order valence-corrected chi connectivity index (χ1v) is 12.7. The predicted octanol–water partition coefficient (Wildman–Crippen LogP) is 4.03. The van der Waals surface area contributed by atoms with E-state index < -0.39 is 10.8 Å². The van der Waals surface area contributed by atoms with Crippen LogP contribution in [0, 0.1) is 0 Å². The van der Waals surface area contributed by atoms with Crippen LogP contribution in [0.4, 0.5) is 5.69 Å². The van der Waals surface area contributed by atoms with E-state index in [2.05, 4.69) is 16.0 Å². The topological polar surface area (TPSA) is 83.4 Å². The molecule has 0 spiro atoms. The van der Waals surface area contributed by atoms with Gasteiger partial charge in [0.05, 0.1) is 17.3 Å². The summed E-state index contributed by atoms with van der Waals surface area (Å²) in [7, 11) is 1.31. The molecule has 1 aliphatic heterocycles. The molecule has 0 unspecified atom stereocenters. The van der Waals surface area contributed by atoms with Crippen molar-refractivity contribution >= 4 is 45.5 Å². The maximum atomic E-state index is 11.6. The van der Waals surface area contributed by atoms with Crippen molar-refractivity contribution in [2.75, 3.05) is 23.9 Å². The molecule has 0 atom stereocenters. The number of furan rings is 1. The maximum Gasteiger partial charge on any atom is 0.211 e. The van der Waals surface area contributed by atoms with Crippen molar-refractivity contribution in [2.45, 2.75) is 63.1 Å². The van der Waals surface area contributed by atoms with E-state index in [0.717, 1.165) is 72.3 Å². The number of rotatable bonds is 7. The molecule has 8 heteroatoms. The number of halogens is 1. The molecule has 2 aliphatic rings. The highest BCUT2D eigenvalue weighted by Crippen LogP contribution is 2.47. The van der Waals surface area contributed by atoms with Crippen molar-refractivity contribution in [1.29, 1.82) is 0 Å². The Morgan fingerprint density at radius 1 is 1.23 bits per heavy atom. The van der Waals surface area contributed by atoms with Crippen LogP contribution >= 0.6 is 11.6 Å². The highest BCUT2D eigenvalue weighted by Gasteiger charge is 2.38. The van der Waals surface area contributed by atoms with E-state index in [4.69, 9.17) is 16.0 Å². The van der Waals surface area contributed by atoms with Crippen molar-refractivity contribution in [2.24, 2.45) is 0 Å². The van der Waals surface area contributed by atoms with Crippen molar-refractivity contribution in [1.82, 2.24) is 10.6 Å². The summed E-state index contributed by atoms with van der Waals surface area (Å²) >= 11 is 6.61. The SMILES string of the molecule is CNC1(c2c(NC=O)c(Cl)cc3cc(CNC4CCS(=O)CC4)oc23)CCCCC1. The summed E-state index contributed by atoms with van der Waals surface area (Å²) in [5.41, 5.74) is 2.11. The van der Waals surface area contributed by atoms with Crippen LogP contribution in [-0.4, -0.2) is 35.2 Å². The van der Waals surface area contributed by atoms with Gasteiger partial charge in [0.15, 0.2) is 0 Å². The minimum absolute atomic E-state index is 0.275. The molecule has 1 aliphatic carbocycles. The summed E-state index contributed by atoms with van der Waals surface area (Å²) in [6, 6.07) is 4.28. The van der Waals surface area contributed by atoms with Crippen molar-refractivity contribution in [3.63, 3.8) is 0 Å². The number of amides is 1. The van der Waals surface area contributed by atoms with Crippen LogP contribution in [0.15, 0.2) is 16.5 Å². The molecule has 3 N–H and O–H groups in total. The minimum atomic E-state index is -0.661. The Bertz CT molecular complexity index is 929. The third kappa shape index (κ3) is 4.31. The lowest BCUT2D eigenvalue weighted by Crippen LogP contribution is -2.42. The lowest BCUT2D eigenvalue weighted by atomic mass is 9.75. The van der Waals surface area contributed by atoms with Gasteiger partial charge < -0.3 is 20.4 Å². The molecule has 164 valence electrons. The number of carbonyl (C=O) groups is 1. The summed E-state index contributed by atoms with van der Waals surface area (Å²) in [4.78, 5) is 11.3. The Labute approximate surface area is 184 Å². The van der Waals surface area contributed by atoms with Gasteiger partial charge in [-0.2, -0.15) is 0 Å². The second-order valence-electron chi connectivity index (χ2n) is 8.40. The summed E-state index contributed by atoms with van der Waals surface area (Å²) < 4.78 is 17.9. The lowest BCUT2D eigenvalue weighted by molar-refractivity contribution is -0.105. The van der Waals surface area contributed by atoms with Gasteiger partial charge in [-0.05, 0) is 44.9 Å². The van der Waals surface area contributed by atoms with Crippen molar-refractivity contribution in [3.05, 3.63) is 28.5 Å². The Morgan fingerprint density at radius 2 is 1.97 bits per heavy atom. The fourth-order valence-electron chi connectivity index (χ4n) is 4.97. The minimum Gasteiger partial charge on any atom is -0.459 e. The number of benzene rings is 1. The molecule has 1 saturated heterocycles. The molecular weight excluding hydrogens is 422 g/mol. The second-order valence-corrected chi connectivity index (χ2v) is 10.5. The van der Waals surface area contributed by atoms with Crippen LogP contribution in [0.2, 0.25) is 5.02 Å². The predicted molar refractivity (Wildman–Crippen MR) is 122 cm³/mol. The van der Waals surface area contributed by atoms with Gasteiger partial charge in [-0.1, -0.05) is 30.9 Å². The molecule has 30 heavy (non-hydrogen) atoms. The largest absolute Gasteiger partial charge is 0.459 e. The highest BCUT2D eigenvalue weighted by molar-refractivity contribution is 7.85. The van der Waals surface area contributed by atoms with Gasteiger partial charge in [0.1, 0.15) is 11.3 Å². The number of fused-ring (bicyclic) bond motifs is 1.